The minimum Gasteiger partial charge on any atom is -0.394 e. The summed E-state index contributed by atoms with van der Waals surface area (Å²) in [7, 11) is -4.84. The fraction of sp³-hybridized carbons (Fsp3) is 0.611. The Bertz CT molecular complexity index is 790. The molecule has 1 heterocycles. The Labute approximate surface area is 184 Å². The number of aliphatic hydroxyl groups excluding tert-OH is 4. The van der Waals surface area contributed by atoms with Gasteiger partial charge in [-0.2, -0.15) is 8.42 Å². The minimum absolute atomic E-state index is 0.0602. The van der Waals surface area contributed by atoms with Crippen molar-refractivity contribution in [3.8, 4) is 0 Å². The molecule has 13 heteroatoms. The average Bonchev–Trinajstić information content (AvgIpc) is 2.74. The third-order valence-electron chi connectivity index (χ3n) is 4.37. The van der Waals surface area contributed by atoms with Gasteiger partial charge in [-0.25, -0.2) is 4.28 Å². The minimum atomic E-state index is -4.84. The van der Waals surface area contributed by atoms with Crippen molar-refractivity contribution in [1.29, 1.82) is 0 Å². The van der Waals surface area contributed by atoms with Crippen molar-refractivity contribution in [3.63, 3.8) is 0 Å². The number of unbranched alkanes of at least 4 members (excludes halogenated alkanes) is 1. The van der Waals surface area contributed by atoms with E-state index in [1.165, 1.54) is 0 Å². The van der Waals surface area contributed by atoms with Crippen molar-refractivity contribution >= 4 is 27.2 Å². The lowest BCUT2D eigenvalue weighted by molar-refractivity contribution is -0.205. The van der Waals surface area contributed by atoms with Gasteiger partial charge in [-0.05, 0) is 24.8 Å². The van der Waals surface area contributed by atoms with Gasteiger partial charge in [0.25, 0.3) is 0 Å². The molecule has 0 amide bonds. The predicted molar refractivity (Wildman–Crippen MR) is 111 cm³/mol. The number of benzene rings is 1. The van der Waals surface area contributed by atoms with Crippen LogP contribution in [0, 0.1) is 0 Å². The highest BCUT2D eigenvalue weighted by atomic mass is 32.3. The zero-order valence-electron chi connectivity index (χ0n) is 16.6. The van der Waals surface area contributed by atoms with Crippen molar-refractivity contribution in [2.45, 2.75) is 55.7 Å². The van der Waals surface area contributed by atoms with Crippen LogP contribution < -0.4 is 0 Å². The molecule has 0 saturated carbocycles. The van der Waals surface area contributed by atoms with E-state index < -0.39 is 46.9 Å². The number of aliphatic hydroxyl groups is 4. The van der Waals surface area contributed by atoms with E-state index in [0.29, 0.717) is 26.1 Å². The van der Waals surface area contributed by atoms with Gasteiger partial charge < -0.3 is 29.9 Å². The van der Waals surface area contributed by atoms with Crippen LogP contribution in [-0.4, -0.2) is 81.5 Å². The van der Waals surface area contributed by atoms with Gasteiger partial charge in [-0.1, -0.05) is 47.2 Å². The normalized spacial score (nSPS) is 27.3. The van der Waals surface area contributed by atoms with Crippen LogP contribution in [0.3, 0.4) is 0 Å². The maximum atomic E-state index is 10.8. The topological polar surface area (TPSA) is 175 Å². The highest BCUT2D eigenvalue weighted by molar-refractivity contribution is 8.14. The van der Waals surface area contributed by atoms with Crippen LogP contribution in [0.25, 0.3) is 0 Å². The lowest BCUT2D eigenvalue weighted by Gasteiger charge is -2.39. The van der Waals surface area contributed by atoms with Gasteiger partial charge in [0, 0.05) is 6.61 Å². The Hall–Kier alpha value is -1.29. The van der Waals surface area contributed by atoms with Crippen LogP contribution in [0.2, 0.25) is 0 Å². The molecule has 1 aliphatic heterocycles. The van der Waals surface area contributed by atoms with Gasteiger partial charge in [0.15, 0.2) is 0 Å². The summed E-state index contributed by atoms with van der Waals surface area (Å²) in [5.41, 5.74) is -0.127. The summed E-state index contributed by atoms with van der Waals surface area (Å²) in [6.45, 7) is 0.286. The zero-order chi connectivity index (χ0) is 22.9. The average molecular weight is 482 g/mol. The smallest absolute Gasteiger partial charge is 0.394 e. The molecule has 0 aliphatic carbocycles. The van der Waals surface area contributed by atoms with Crippen molar-refractivity contribution in [2.24, 2.45) is 5.16 Å². The number of rotatable bonds is 11. The second kappa shape index (κ2) is 12.7. The van der Waals surface area contributed by atoms with Gasteiger partial charge in [-0.15, -0.1) is 0 Å². The molecule has 1 aromatic rings. The maximum Gasteiger partial charge on any atom is 0.466 e. The molecule has 1 aromatic carbocycles. The van der Waals surface area contributed by atoms with Crippen LogP contribution >= 0.6 is 11.8 Å². The second-order valence-electron chi connectivity index (χ2n) is 6.80. The molecule has 31 heavy (non-hydrogen) atoms. The standard InChI is InChI=1S/C18H27NO10S2/c20-10-13-15(21)16(22)17(23)18(28-13)30-14(19-29-31(24,25)26)8-4-5-9-27-11-12-6-2-1-3-7-12/h1-3,6-7,13,15-18,20-23H,4-5,8-11H2,(H,24,25,26)/b19-14+/t13-,15-,16+,17-,18+/m1/s1. The largest absolute Gasteiger partial charge is 0.466 e. The van der Waals surface area contributed by atoms with Crippen molar-refractivity contribution in [1.82, 2.24) is 0 Å². The lowest BCUT2D eigenvalue weighted by Crippen LogP contribution is -2.57. The third-order valence-corrected chi connectivity index (χ3v) is 5.81. The number of thioether (sulfide) groups is 1. The van der Waals surface area contributed by atoms with Gasteiger partial charge in [0.05, 0.1) is 13.2 Å². The Balaban J connectivity index is 1.88. The van der Waals surface area contributed by atoms with Gasteiger partial charge in [0.1, 0.15) is 34.9 Å². The highest BCUT2D eigenvalue weighted by Crippen LogP contribution is 2.30. The quantitative estimate of drug-likeness (QED) is 0.0948. The maximum absolute atomic E-state index is 10.8. The van der Waals surface area contributed by atoms with E-state index in [2.05, 4.69) is 9.44 Å². The Morgan fingerprint density at radius 3 is 2.45 bits per heavy atom. The summed E-state index contributed by atoms with van der Waals surface area (Å²) < 4.78 is 45.5. The number of oxime groups is 1. The molecule has 1 saturated heterocycles. The Morgan fingerprint density at radius 2 is 1.81 bits per heavy atom. The number of ether oxygens (including phenoxy) is 2. The molecule has 0 bridgehead atoms. The van der Waals surface area contributed by atoms with E-state index >= 15 is 0 Å². The van der Waals surface area contributed by atoms with Gasteiger partial charge in [0.2, 0.25) is 0 Å². The molecule has 0 aromatic heterocycles. The molecular formula is C18H27NO10S2. The van der Waals surface area contributed by atoms with Gasteiger partial charge >= 0.3 is 10.4 Å². The van der Waals surface area contributed by atoms with Crippen LogP contribution in [-0.2, 0) is 30.8 Å². The number of hydrogen-bond donors (Lipinski definition) is 5. The molecule has 176 valence electrons. The summed E-state index contributed by atoms with van der Waals surface area (Å²) in [4.78, 5) is 0. The van der Waals surface area contributed by atoms with E-state index in [9.17, 15) is 28.8 Å². The van der Waals surface area contributed by atoms with Crippen LogP contribution in [0.1, 0.15) is 24.8 Å². The van der Waals surface area contributed by atoms with Crippen molar-refractivity contribution in [2.75, 3.05) is 13.2 Å². The fourth-order valence-corrected chi connectivity index (χ4v) is 4.10. The van der Waals surface area contributed by atoms with E-state index in [1.807, 2.05) is 30.3 Å². The Morgan fingerprint density at radius 1 is 1.10 bits per heavy atom. The monoisotopic (exact) mass is 481 g/mol. The number of hydrogen-bond acceptors (Lipinski definition) is 11. The first kappa shape index (κ1) is 26.0. The van der Waals surface area contributed by atoms with Gasteiger partial charge in [-0.3, -0.25) is 4.55 Å². The molecule has 1 aliphatic rings. The lowest BCUT2D eigenvalue weighted by atomic mass is 10.0. The van der Waals surface area contributed by atoms with E-state index in [-0.39, 0.29) is 11.5 Å². The van der Waals surface area contributed by atoms with E-state index in [4.69, 9.17) is 14.0 Å². The van der Waals surface area contributed by atoms with Crippen LogP contribution in [0.4, 0.5) is 0 Å². The molecular weight excluding hydrogens is 454 g/mol. The molecule has 0 unspecified atom stereocenters. The molecule has 11 nitrogen and oxygen atoms in total. The first-order valence-electron chi connectivity index (χ1n) is 9.53. The van der Waals surface area contributed by atoms with E-state index in [1.54, 1.807) is 0 Å². The summed E-state index contributed by atoms with van der Waals surface area (Å²) in [5, 5.41) is 42.6. The van der Waals surface area contributed by atoms with Crippen LogP contribution in [0.5, 0.6) is 0 Å². The molecule has 5 N–H and O–H groups in total. The van der Waals surface area contributed by atoms with E-state index in [0.717, 1.165) is 17.3 Å². The summed E-state index contributed by atoms with van der Waals surface area (Å²) >= 11 is 0.754. The molecule has 0 radical (unpaired) electrons. The Kier molecular flexibility index (Phi) is 10.6. The fourth-order valence-electron chi connectivity index (χ4n) is 2.76. The number of nitrogens with zero attached hydrogens (tertiary/aromatic N) is 1. The summed E-state index contributed by atoms with van der Waals surface area (Å²) in [6, 6.07) is 9.61. The van der Waals surface area contributed by atoms with Crippen molar-refractivity contribution < 1.29 is 47.2 Å². The third kappa shape index (κ3) is 9.00. The highest BCUT2D eigenvalue weighted by Gasteiger charge is 2.44. The molecule has 5 atom stereocenters. The second-order valence-corrected chi connectivity index (χ2v) is 8.97. The SMILES string of the molecule is O=S(=O)(O)O/N=C(\CCCCOCc1ccccc1)S[C@@H]1O[C@H](CO)[C@@H](O)[C@H](O)[C@H]1O. The molecule has 2 rings (SSSR count). The first-order valence-corrected chi connectivity index (χ1v) is 11.8. The zero-order valence-corrected chi connectivity index (χ0v) is 18.2. The summed E-state index contributed by atoms with van der Waals surface area (Å²) in [5.74, 6) is 0. The predicted octanol–water partition coefficient (Wildman–Crippen LogP) is 0.0395. The van der Waals surface area contributed by atoms with Crippen LogP contribution in [0.15, 0.2) is 35.5 Å². The molecule has 1 fully saturated rings. The summed E-state index contributed by atoms with van der Waals surface area (Å²) in [6.07, 6.45) is -4.45. The molecule has 0 spiro atoms. The first-order chi connectivity index (χ1) is 14.7. The van der Waals surface area contributed by atoms with Crippen molar-refractivity contribution in [3.05, 3.63) is 35.9 Å².